The molecular weight excluding hydrogens is 316 g/mol. The monoisotopic (exact) mass is 344 g/mol. The van der Waals surface area contributed by atoms with Crippen molar-refractivity contribution in [1.29, 1.82) is 0 Å². The molecule has 1 aromatic rings. The molecule has 0 aromatic heterocycles. The number of nitrogens with one attached hydrogen (secondary N) is 2. The van der Waals surface area contributed by atoms with E-state index >= 15 is 0 Å². The normalized spacial score (nSPS) is 24.8. The third kappa shape index (κ3) is 4.97. The van der Waals surface area contributed by atoms with E-state index in [0.29, 0.717) is 18.8 Å². The fourth-order valence-electron chi connectivity index (χ4n) is 3.90. The molecule has 25 heavy (non-hydrogen) atoms. The molecule has 3 N–H and O–H groups in total. The molecule has 3 rings (SSSR count). The summed E-state index contributed by atoms with van der Waals surface area (Å²) in [5, 5.41) is 15.3. The number of carbonyl (C=O) groups is 2. The van der Waals surface area contributed by atoms with Gasteiger partial charge in [0.05, 0.1) is 12.0 Å². The van der Waals surface area contributed by atoms with Crippen molar-refractivity contribution in [2.24, 2.45) is 11.8 Å². The SMILES string of the molecule is O=C(NC1CCC(C(=O)O)CC1)NC(CC1CCC1)c1ccccc1. The highest BCUT2D eigenvalue weighted by molar-refractivity contribution is 5.75. The Morgan fingerprint density at radius 1 is 1.04 bits per heavy atom. The van der Waals surface area contributed by atoms with Crippen molar-refractivity contribution < 1.29 is 14.7 Å². The highest BCUT2D eigenvalue weighted by Crippen LogP contribution is 2.34. The first-order valence-electron chi connectivity index (χ1n) is 9.46. The van der Waals surface area contributed by atoms with E-state index in [1.165, 1.54) is 19.3 Å². The number of carbonyl (C=O) groups excluding carboxylic acids is 1. The molecule has 1 unspecified atom stereocenters. The summed E-state index contributed by atoms with van der Waals surface area (Å²) in [6, 6.07) is 10.1. The van der Waals surface area contributed by atoms with Crippen LogP contribution in [0.4, 0.5) is 4.79 Å². The minimum Gasteiger partial charge on any atom is -0.481 e. The smallest absolute Gasteiger partial charge is 0.315 e. The van der Waals surface area contributed by atoms with Gasteiger partial charge in [-0.05, 0) is 43.6 Å². The van der Waals surface area contributed by atoms with E-state index in [4.69, 9.17) is 5.11 Å². The minimum absolute atomic E-state index is 0.0434. The number of hydrogen-bond donors (Lipinski definition) is 3. The molecular formula is C20H28N2O3. The maximum atomic E-state index is 12.5. The van der Waals surface area contributed by atoms with Crippen molar-refractivity contribution >= 4 is 12.0 Å². The zero-order valence-corrected chi connectivity index (χ0v) is 14.6. The Kier molecular flexibility index (Phi) is 5.95. The fraction of sp³-hybridized carbons (Fsp3) is 0.600. The number of benzene rings is 1. The van der Waals surface area contributed by atoms with Crippen LogP contribution in [0.2, 0.25) is 0 Å². The van der Waals surface area contributed by atoms with Gasteiger partial charge in [0, 0.05) is 6.04 Å². The van der Waals surface area contributed by atoms with Crippen LogP contribution in [-0.4, -0.2) is 23.1 Å². The van der Waals surface area contributed by atoms with Crippen molar-refractivity contribution in [1.82, 2.24) is 10.6 Å². The van der Waals surface area contributed by atoms with Crippen LogP contribution in [0.5, 0.6) is 0 Å². The topological polar surface area (TPSA) is 78.4 Å². The molecule has 0 spiro atoms. The number of amides is 2. The third-order valence-electron chi connectivity index (χ3n) is 5.71. The molecule has 0 radical (unpaired) electrons. The van der Waals surface area contributed by atoms with E-state index in [9.17, 15) is 9.59 Å². The van der Waals surface area contributed by atoms with E-state index in [-0.39, 0.29) is 24.0 Å². The van der Waals surface area contributed by atoms with E-state index in [2.05, 4.69) is 22.8 Å². The molecule has 0 saturated heterocycles. The first-order valence-corrected chi connectivity index (χ1v) is 9.46. The van der Waals surface area contributed by atoms with Crippen molar-refractivity contribution in [3.63, 3.8) is 0 Å². The molecule has 5 nitrogen and oxygen atoms in total. The number of rotatable bonds is 6. The first-order chi connectivity index (χ1) is 12.1. The predicted molar refractivity (Wildman–Crippen MR) is 96.2 cm³/mol. The Hall–Kier alpha value is -2.04. The van der Waals surface area contributed by atoms with E-state index in [1.807, 2.05) is 18.2 Å². The molecule has 0 heterocycles. The highest BCUT2D eigenvalue weighted by atomic mass is 16.4. The largest absolute Gasteiger partial charge is 0.481 e. The van der Waals surface area contributed by atoms with Crippen LogP contribution in [0, 0.1) is 11.8 Å². The van der Waals surface area contributed by atoms with E-state index in [0.717, 1.165) is 24.8 Å². The van der Waals surface area contributed by atoms with Crippen molar-refractivity contribution in [2.75, 3.05) is 0 Å². The number of carboxylic acid groups (broad SMARTS) is 1. The molecule has 136 valence electrons. The maximum Gasteiger partial charge on any atom is 0.315 e. The van der Waals surface area contributed by atoms with Gasteiger partial charge in [0.1, 0.15) is 0 Å². The van der Waals surface area contributed by atoms with Crippen molar-refractivity contribution in [2.45, 2.75) is 63.5 Å². The lowest BCUT2D eigenvalue weighted by atomic mass is 9.79. The summed E-state index contributed by atoms with van der Waals surface area (Å²) in [7, 11) is 0. The van der Waals surface area contributed by atoms with Gasteiger partial charge >= 0.3 is 12.0 Å². The van der Waals surface area contributed by atoms with E-state index < -0.39 is 5.97 Å². The standard InChI is InChI=1S/C20H28N2O3/c23-19(24)16-9-11-17(12-10-16)21-20(25)22-18(13-14-5-4-6-14)15-7-2-1-3-8-15/h1-3,7-8,14,16-18H,4-6,9-13H2,(H,23,24)(H2,21,22,25). The lowest BCUT2D eigenvalue weighted by Crippen LogP contribution is -2.45. The van der Waals surface area contributed by atoms with Crippen LogP contribution in [0.1, 0.15) is 63.0 Å². The molecule has 1 aromatic carbocycles. The summed E-state index contributed by atoms with van der Waals surface area (Å²) in [6.45, 7) is 0. The number of hydrogen-bond acceptors (Lipinski definition) is 2. The van der Waals surface area contributed by atoms with Gasteiger partial charge in [-0.15, -0.1) is 0 Å². The first kappa shape index (κ1) is 17.8. The molecule has 2 amide bonds. The molecule has 2 fully saturated rings. The van der Waals surface area contributed by atoms with E-state index in [1.54, 1.807) is 0 Å². The lowest BCUT2D eigenvalue weighted by molar-refractivity contribution is -0.142. The molecule has 0 aliphatic heterocycles. The summed E-state index contributed by atoms with van der Waals surface area (Å²) < 4.78 is 0. The van der Waals surface area contributed by atoms with Crippen LogP contribution in [0.25, 0.3) is 0 Å². The Bertz CT molecular complexity index is 578. The predicted octanol–water partition coefficient (Wildman–Crippen LogP) is 3.86. The third-order valence-corrected chi connectivity index (χ3v) is 5.71. The van der Waals surface area contributed by atoms with Crippen LogP contribution in [0.3, 0.4) is 0 Å². The second-order valence-corrected chi connectivity index (χ2v) is 7.50. The quantitative estimate of drug-likeness (QED) is 0.733. The zero-order chi connectivity index (χ0) is 17.6. The van der Waals surface area contributed by atoms with Crippen molar-refractivity contribution in [3.8, 4) is 0 Å². The molecule has 2 aliphatic carbocycles. The highest BCUT2D eigenvalue weighted by Gasteiger charge is 2.28. The minimum atomic E-state index is -0.715. The van der Waals surface area contributed by atoms with Crippen molar-refractivity contribution in [3.05, 3.63) is 35.9 Å². The average molecular weight is 344 g/mol. The Morgan fingerprint density at radius 2 is 1.72 bits per heavy atom. The van der Waals surface area contributed by atoms with Gasteiger partial charge in [-0.1, -0.05) is 49.6 Å². The van der Waals surface area contributed by atoms with Gasteiger partial charge in [0.25, 0.3) is 0 Å². The summed E-state index contributed by atoms with van der Waals surface area (Å²) in [5.74, 6) is -0.263. The summed E-state index contributed by atoms with van der Waals surface area (Å²) in [4.78, 5) is 23.5. The maximum absolute atomic E-state index is 12.5. The average Bonchev–Trinajstić information content (AvgIpc) is 2.58. The van der Waals surface area contributed by atoms with Gasteiger partial charge in [0.15, 0.2) is 0 Å². The fourth-order valence-corrected chi connectivity index (χ4v) is 3.90. The molecule has 0 bridgehead atoms. The Morgan fingerprint density at radius 3 is 2.28 bits per heavy atom. The van der Waals surface area contributed by atoms with Crippen LogP contribution in [0.15, 0.2) is 30.3 Å². The number of aliphatic carboxylic acids is 1. The van der Waals surface area contributed by atoms with Gasteiger partial charge in [-0.3, -0.25) is 4.79 Å². The van der Waals surface area contributed by atoms with Gasteiger partial charge in [-0.25, -0.2) is 4.79 Å². The number of carboxylic acids is 1. The van der Waals surface area contributed by atoms with Gasteiger partial charge < -0.3 is 15.7 Å². The second kappa shape index (κ2) is 8.37. The Labute approximate surface area is 149 Å². The number of urea groups is 1. The summed E-state index contributed by atoms with van der Waals surface area (Å²) in [6.07, 6.45) is 7.56. The van der Waals surface area contributed by atoms with Gasteiger partial charge in [0.2, 0.25) is 0 Å². The van der Waals surface area contributed by atoms with Crippen LogP contribution < -0.4 is 10.6 Å². The Balaban J connectivity index is 1.52. The summed E-state index contributed by atoms with van der Waals surface area (Å²) >= 11 is 0. The zero-order valence-electron chi connectivity index (χ0n) is 14.6. The molecule has 2 saturated carbocycles. The molecule has 2 aliphatic rings. The van der Waals surface area contributed by atoms with Crippen LogP contribution >= 0.6 is 0 Å². The van der Waals surface area contributed by atoms with Gasteiger partial charge in [-0.2, -0.15) is 0 Å². The molecule has 1 atom stereocenters. The molecule has 5 heteroatoms. The second-order valence-electron chi connectivity index (χ2n) is 7.50. The van der Waals surface area contributed by atoms with Crippen LogP contribution in [-0.2, 0) is 4.79 Å². The summed E-state index contributed by atoms with van der Waals surface area (Å²) in [5.41, 5.74) is 1.15. The lowest BCUT2D eigenvalue weighted by Gasteiger charge is -2.31.